The summed E-state index contributed by atoms with van der Waals surface area (Å²) in [6.07, 6.45) is 1.37. The molecule has 0 spiro atoms. The molecule has 2 heteroatoms. The van der Waals surface area contributed by atoms with Gasteiger partial charge < -0.3 is 5.11 Å². The second-order valence-electron chi connectivity index (χ2n) is 3.44. The van der Waals surface area contributed by atoms with Gasteiger partial charge in [0.1, 0.15) is 0 Å². The molecule has 1 aromatic heterocycles. The van der Waals surface area contributed by atoms with Gasteiger partial charge in [-0.2, -0.15) is 0 Å². The topological polar surface area (TPSA) is 33.1 Å². The van der Waals surface area contributed by atoms with E-state index in [1.165, 1.54) is 5.56 Å². The van der Waals surface area contributed by atoms with E-state index >= 15 is 0 Å². The van der Waals surface area contributed by atoms with Gasteiger partial charge in [-0.05, 0) is 31.9 Å². The summed E-state index contributed by atoms with van der Waals surface area (Å²) in [5.41, 5.74) is 2.98. The SMILES string of the molecule is CCC[C@@H](O)c1ccc(C)c(C)n1. The van der Waals surface area contributed by atoms with Crippen LogP contribution in [0.25, 0.3) is 0 Å². The molecular weight excluding hydrogens is 162 g/mol. The number of rotatable bonds is 3. The molecule has 2 nitrogen and oxygen atoms in total. The molecule has 0 fully saturated rings. The van der Waals surface area contributed by atoms with Gasteiger partial charge in [0.15, 0.2) is 0 Å². The highest BCUT2D eigenvalue weighted by Crippen LogP contribution is 2.17. The van der Waals surface area contributed by atoms with E-state index in [2.05, 4.69) is 11.9 Å². The number of aliphatic hydroxyl groups is 1. The summed E-state index contributed by atoms with van der Waals surface area (Å²) in [7, 11) is 0. The predicted octanol–water partition coefficient (Wildman–Crippen LogP) is 2.53. The fourth-order valence-corrected chi connectivity index (χ4v) is 1.26. The highest BCUT2D eigenvalue weighted by molar-refractivity contribution is 5.21. The Morgan fingerprint density at radius 3 is 2.62 bits per heavy atom. The third kappa shape index (κ3) is 2.52. The van der Waals surface area contributed by atoms with Crippen LogP contribution in [0.5, 0.6) is 0 Å². The molecule has 0 aliphatic rings. The zero-order valence-corrected chi connectivity index (χ0v) is 8.54. The zero-order chi connectivity index (χ0) is 9.84. The highest BCUT2D eigenvalue weighted by atomic mass is 16.3. The van der Waals surface area contributed by atoms with Crippen molar-refractivity contribution in [1.82, 2.24) is 4.98 Å². The van der Waals surface area contributed by atoms with Crippen LogP contribution in [0.2, 0.25) is 0 Å². The van der Waals surface area contributed by atoms with E-state index in [0.29, 0.717) is 0 Å². The van der Waals surface area contributed by atoms with Crippen molar-refractivity contribution in [1.29, 1.82) is 0 Å². The minimum absolute atomic E-state index is 0.399. The van der Waals surface area contributed by atoms with Gasteiger partial charge in [0.2, 0.25) is 0 Å². The minimum atomic E-state index is -0.399. The van der Waals surface area contributed by atoms with E-state index < -0.39 is 6.10 Å². The Morgan fingerprint density at radius 2 is 2.08 bits per heavy atom. The Kier molecular flexibility index (Phi) is 3.43. The fourth-order valence-electron chi connectivity index (χ4n) is 1.26. The van der Waals surface area contributed by atoms with Gasteiger partial charge in [0.05, 0.1) is 11.8 Å². The standard InChI is InChI=1S/C11H17NO/c1-4-5-11(13)10-7-6-8(2)9(3)12-10/h6-7,11,13H,4-5H2,1-3H3/t11-/m1/s1. The Hall–Kier alpha value is -0.890. The molecule has 0 aliphatic heterocycles. The largest absolute Gasteiger partial charge is 0.387 e. The van der Waals surface area contributed by atoms with Gasteiger partial charge in [-0.1, -0.05) is 19.4 Å². The second-order valence-corrected chi connectivity index (χ2v) is 3.44. The van der Waals surface area contributed by atoms with Crippen LogP contribution in [0.4, 0.5) is 0 Å². The quantitative estimate of drug-likeness (QED) is 0.773. The number of aliphatic hydroxyl groups excluding tert-OH is 1. The molecule has 0 aromatic carbocycles. The lowest BCUT2D eigenvalue weighted by atomic mass is 10.1. The maximum Gasteiger partial charge on any atom is 0.0959 e. The fraction of sp³-hybridized carbons (Fsp3) is 0.545. The van der Waals surface area contributed by atoms with Crippen LogP contribution in [-0.2, 0) is 0 Å². The van der Waals surface area contributed by atoms with Gasteiger partial charge in [-0.3, -0.25) is 4.98 Å². The van der Waals surface area contributed by atoms with Crippen LogP contribution in [0, 0.1) is 13.8 Å². The first kappa shape index (κ1) is 10.2. The maximum atomic E-state index is 9.67. The molecule has 0 saturated carbocycles. The summed E-state index contributed by atoms with van der Waals surface area (Å²) in [6.45, 7) is 6.06. The number of aromatic nitrogens is 1. The van der Waals surface area contributed by atoms with Crippen molar-refractivity contribution in [2.24, 2.45) is 0 Å². The Bertz CT molecular complexity index is 283. The van der Waals surface area contributed by atoms with E-state index in [4.69, 9.17) is 0 Å². The average molecular weight is 179 g/mol. The van der Waals surface area contributed by atoms with E-state index in [1.54, 1.807) is 0 Å². The van der Waals surface area contributed by atoms with Gasteiger partial charge in [-0.15, -0.1) is 0 Å². The summed E-state index contributed by atoms with van der Waals surface area (Å²) in [5, 5.41) is 9.67. The van der Waals surface area contributed by atoms with Crippen molar-refractivity contribution in [3.63, 3.8) is 0 Å². The van der Waals surface area contributed by atoms with Gasteiger partial charge in [-0.25, -0.2) is 0 Å². The van der Waals surface area contributed by atoms with Crippen molar-refractivity contribution < 1.29 is 5.11 Å². The monoisotopic (exact) mass is 179 g/mol. The lowest BCUT2D eigenvalue weighted by Crippen LogP contribution is -2.01. The lowest BCUT2D eigenvalue weighted by Gasteiger charge is -2.10. The number of hydrogen-bond donors (Lipinski definition) is 1. The number of hydrogen-bond acceptors (Lipinski definition) is 2. The van der Waals surface area contributed by atoms with Gasteiger partial charge in [0.25, 0.3) is 0 Å². The second kappa shape index (κ2) is 4.38. The van der Waals surface area contributed by atoms with Gasteiger partial charge >= 0.3 is 0 Å². The Balaban J connectivity index is 2.84. The van der Waals surface area contributed by atoms with Crippen LogP contribution in [0.3, 0.4) is 0 Å². The van der Waals surface area contributed by atoms with E-state index in [0.717, 1.165) is 24.2 Å². The van der Waals surface area contributed by atoms with Crippen molar-refractivity contribution >= 4 is 0 Å². The molecule has 0 saturated heterocycles. The summed E-state index contributed by atoms with van der Waals surface area (Å²) >= 11 is 0. The maximum absolute atomic E-state index is 9.67. The summed E-state index contributed by atoms with van der Waals surface area (Å²) in [6, 6.07) is 3.92. The van der Waals surface area contributed by atoms with Crippen molar-refractivity contribution in [3.8, 4) is 0 Å². The van der Waals surface area contributed by atoms with Crippen molar-refractivity contribution in [2.75, 3.05) is 0 Å². The zero-order valence-electron chi connectivity index (χ0n) is 8.54. The molecule has 0 bridgehead atoms. The van der Waals surface area contributed by atoms with Crippen LogP contribution in [-0.4, -0.2) is 10.1 Å². The van der Waals surface area contributed by atoms with Crippen LogP contribution < -0.4 is 0 Å². The highest BCUT2D eigenvalue weighted by Gasteiger charge is 2.07. The molecule has 1 N–H and O–H groups in total. The average Bonchev–Trinajstić information content (AvgIpc) is 2.10. The van der Waals surface area contributed by atoms with E-state index in [9.17, 15) is 5.11 Å². The van der Waals surface area contributed by atoms with Crippen LogP contribution in [0.1, 0.15) is 42.8 Å². The first-order valence-corrected chi connectivity index (χ1v) is 4.77. The number of aryl methyl sites for hydroxylation is 2. The molecule has 0 aliphatic carbocycles. The molecule has 72 valence electrons. The normalized spacial score (nSPS) is 12.9. The summed E-state index contributed by atoms with van der Waals surface area (Å²) < 4.78 is 0. The molecule has 13 heavy (non-hydrogen) atoms. The first-order chi connectivity index (χ1) is 6.15. The van der Waals surface area contributed by atoms with Crippen LogP contribution >= 0.6 is 0 Å². The Labute approximate surface area is 79.6 Å². The number of pyridine rings is 1. The predicted molar refractivity (Wildman–Crippen MR) is 53.6 cm³/mol. The molecular formula is C11H17NO. The molecule has 0 amide bonds. The summed E-state index contributed by atoms with van der Waals surface area (Å²) in [4.78, 5) is 4.34. The van der Waals surface area contributed by atoms with Gasteiger partial charge in [0, 0.05) is 5.69 Å². The minimum Gasteiger partial charge on any atom is -0.387 e. The lowest BCUT2D eigenvalue weighted by molar-refractivity contribution is 0.161. The van der Waals surface area contributed by atoms with E-state index in [-0.39, 0.29) is 0 Å². The third-order valence-electron chi connectivity index (χ3n) is 2.28. The molecule has 0 unspecified atom stereocenters. The molecule has 0 radical (unpaired) electrons. The molecule has 1 aromatic rings. The molecule has 1 heterocycles. The van der Waals surface area contributed by atoms with Crippen molar-refractivity contribution in [3.05, 3.63) is 29.1 Å². The molecule has 1 rings (SSSR count). The number of nitrogens with zero attached hydrogens (tertiary/aromatic N) is 1. The van der Waals surface area contributed by atoms with E-state index in [1.807, 2.05) is 26.0 Å². The Morgan fingerprint density at radius 1 is 1.38 bits per heavy atom. The van der Waals surface area contributed by atoms with Crippen LogP contribution in [0.15, 0.2) is 12.1 Å². The third-order valence-corrected chi connectivity index (χ3v) is 2.28. The summed E-state index contributed by atoms with van der Waals surface area (Å²) in [5.74, 6) is 0. The van der Waals surface area contributed by atoms with Crippen molar-refractivity contribution in [2.45, 2.75) is 39.7 Å². The first-order valence-electron chi connectivity index (χ1n) is 4.77. The smallest absolute Gasteiger partial charge is 0.0959 e. The molecule has 1 atom stereocenters.